The Morgan fingerprint density at radius 2 is 1.84 bits per heavy atom. The molecule has 0 radical (unpaired) electrons. The number of fused-ring (bicyclic) bond motifs is 1. The van der Waals surface area contributed by atoms with Crippen molar-refractivity contribution in [3.8, 4) is 11.1 Å². The van der Waals surface area contributed by atoms with Crippen LogP contribution in [-0.2, 0) is 32.5 Å². The Hall–Kier alpha value is -3.08. The highest BCUT2D eigenvalue weighted by atomic mass is 32.2. The SMILES string of the molecule is COCc1ccc(-c2ccc3c(=O)n(CCC(C)(C(=O)NO)S(C)(=O)=O)cnc3c2)cc1. The van der Waals surface area contributed by atoms with Crippen molar-refractivity contribution >= 4 is 26.6 Å². The van der Waals surface area contributed by atoms with E-state index >= 15 is 0 Å². The van der Waals surface area contributed by atoms with E-state index < -0.39 is 20.5 Å². The number of aryl methyl sites for hydroxylation is 1. The second kappa shape index (κ2) is 9.19. The summed E-state index contributed by atoms with van der Waals surface area (Å²) in [6, 6.07) is 13.2. The zero-order valence-electron chi connectivity index (χ0n) is 18.0. The van der Waals surface area contributed by atoms with Crippen LogP contribution >= 0.6 is 0 Å². The molecule has 1 heterocycles. The lowest BCUT2D eigenvalue weighted by Gasteiger charge is -2.25. The number of hydrogen-bond donors (Lipinski definition) is 2. The summed E-state index contributed by atoms with van der Waals surface area (Å²) < 4.78 is 28.7. The largest absolute Gasteiger partial charge is 0.380 e. The third-order valence-electron chi connectivity index (χ3n) is 5.65. The number of methoxy groups -OCH3 is 1. The summed E-state index contributed by atoms with van der Waals surface area (Å²) in [6.07, 6.45) is 2.03. The minimum absolute atomic E-state index is 0.0680. The molecule has 1 atom stereocenters. The molecule has 0 saturated heterocycles. The predicted molar refractivity (Wildman–Crippen MR) is 120 cm³/mol. The van der Waals surface area contributed by atoms with Crippen molar-refractivity contribution in [1.29, 1.82) is 0 Å². The van der Waals surface area contributed by atoms with Crippen LogP contribution in [0, 0.1) is 0 Å². The van der Waals surface area contributed by atoms with Crippen molar-refractivity contribution in [3.05, 3.63) is 64.7 Å². The van der Waals surface area contributed by atoms with E-state index in [1.807, 2.05) is 36.4 Å². The van der Waals surface area contributed by atoms with E-state index in [1.165, 1.54) is 23.3 Å². The molecule has 3 aromatic rings. The summed E-state index contributed by atoms with van der Waals surface area (Å²) in [5.74, 6) is -1.05. The summed E-state index contributed by atoms with van der Waals surface area (Å²) in [4.78, 5) is 29.2. The van der Waals surface area contributed by atoms with Gasteiger partial charge in [-0.2, -0.15) is 0 Å². The summed E-state index contributed by atoms with van der Waals surface area (Å²) in [5.41, 5.74) is 4.47. The lowest BCUT2D eigenvalue weighted by molar-refractivity contribution is -0.131. The van der Waals surface area contributed by atoms with Crippen LogP contribution in [0.2, 0.25) is 0 Å². The second-order valence-electron chi connectivity index (χ2n) is 7.80. The Kier molecular flexibility index (Phi) is 6.77. The van der Waals surface area contributed by atoms with Crippen LogP contribution in [0.3, 0.4) is 0 Å². The Morgan fingerprint density at radius 3 is 2.44 bits per heavy atom. The van der Waals surface area contributed by atoms with Crippen LogP contribution in [0.25, 0.3) is 22.0 Å². The Balaban J connectivity index is 1.90. The van der Waals surface area contributed by atoms with Gasteiger partial charge in [0.05, 0.1) is 23.8 Å². The van der Waals surface area contributed by atoms with Gasteiger partial charge in [-0.25, -0.2) is 18.9 Å². The second-order valence-corrected chi connectivity index (χ2v) is 10.2. The van der Waals surface area contributed by atoms with Crippen molar-refractivity contribution in [3.63, 3.8) is 0 Å². The van der Waals surface area contributed by atoms with Crippen molar-refractivity contribution in [2.24, 2.45) is 0 Å². The highest BCUT2D eigenvalue weighted by Gasteiger charge is 2.43. The van der Waals surface area contributed by atoms with Gasteiger partial charge in [0.25, 0.3) is 11.5 Å². The molecule has 10 heteroatoms. The average Bonchev–Trinajstić information content (AvgIpc) is 2.77. The molecule has 1 unspecified atom stereocenters. The topological polar surface area (TPSA) is 128 Å². The normalized spacial score (nSPS) is 13.6. The van der Waals surface area contributed by atoms with Gasteiger partial charge in [0.2, 0.25) is 0 Å². The van der Waals surface area contributed by atoms with Gasteiger partial charge in [0.1, 0.15) is 0 Å². The molecule has 2 aromatic carbocycles. The van der Waals surface area contributed by atoms with Crippen molar-refractivity contribution in [2.75, 3.05) is 13.4 Å². The first-order chi connectivity index (χ1) is 15.1. The van der Waals surface area contributed by atoms with E-state index in [0.29, 0.717) is 17.5 Å². The summed E-state index contributed by atoms with van der Waals surface area (Å²) in [6.45, 7) is 1.66. The van der Waals surface area contributed by atoms with E-state index in [4.69, 9.17) is 9.94 Å². The van der Waals surface area contributed by atoms with Crippen LogP contribution in [0.15, 0.2) is 53.6 Å². The lowest BCUT2D eigenvalue weighted by Crippen LogP contribution is -2.50. The molecule has 1 amide bonds. The molecule has 0 aliphatic rings. The zero-order valence-corrected chi connectivity index (χ0v) is 18.8. The van der Waals surface area contributed by atoms with Gasteiger partial charge in [0.15, 0.2) is 14.6 Å². The third kappa shape index (κ3) is 4.57. The number of aromatic nitrogens is 2. The summed E-state index contributed by atoms with van der Waals surface area (Å²) in [7, 11) is -2.22. The summed E-state index contributed by atoms with van der Waals surface area (Å²) >= 11 is 0. The van der Waals surface area contributed by atoms with Crippen molar-refractivity contribution < 1.29 is 23.2 Å². The Labute approximate surface area is 185 Å². The molecule has 0 spiro atoms. The molecule has 0 aliphatic heterocycles. The van der Waals surface area contributed by atoms with Gasteiger partial charge in [0, 0.05) is 19.9 Å². The molecular weight excluding hydrogens is 434 g/mol. The van der Waals surface area contributed by atoms with E-state index in [0.717, 1.165) is 22.9 Å². The molecule has 1 aromatic heterocycles. The number of hydroxylamine groups is 1. The number of amides is 1. The number of benzene rings is 2. The molecule has 0 saturated carbocycles. The number of nitrogens with one attached hydrogen (secondary N) is 1. The van der Waals surface area contributed by atoms with Gasteiger partial charge < -0.3 is 4.74 Å². The molecule has 9 nitrogen and oxygen atoms in total. The number of carbonyl (C=O) groups is 1. The standard InChI is InChI=1S/C22H25N3O6S/c1-22(21(27)24-28,32(3,29)30)10-11-25-14-23-19-12-17(8-9-18(19)20(25)26)16-6-4-15(5-7-16)13-31-2/h4-9,12,14,28H,10-11,13H2,1-3H3,(H,24,27). The Bertz CT molecular complexity index is 1300. The highest BCUT2D eigenvalue weighted by Crippen LogP contribution is 2.24. The Morgan fingerprint density at radius 1 is 1.19 bits per heavy atom. The molecule has 2 N–H and O–H groups in total. The first-order valence-electron chi connectivity index (χ1n) is 9.82. The number of ether oxygens (including phenoxy) is 1. The molecule has 32 heavy (non-hydrogen) atoms. The van der Waals surface area contributed by atoms with E-state index in [2.05, 4.69) is 4.98 Å². The average molecular weight is 460 g/mol. The molecule has 0 bridgehead atoms. The predicted octanol–water partition coefficient (Wildman–Crippen LogP) is 1.91. The maximum atomic E-state index is 12.9. The lowest BCUT2D eigenvalue weighted by atomic mass is 10.0. The molecule has 0 fully saturated rings. The third-order valence-corrected chi connectivity index (χ3v) is 7.68. The molecule has 0 aliphatic carbocycles. The number of hydrogen-bond acceptors (Lipinski definition) is 7. The fourth-order valence-corrected chi connectivity index (χ4v) is 4.22. The van der Waals surface area contributed by atoms with Crippen LogP contribution in [0.5, 0.6) is 0 Å². The number of rotatable bonds is 8. The molecule has 170 valence electrons. The van der Waals surface area contributed by atoms with Crippen molar-refractivity contribution in [1.82, 2.24) is 15.0 Å². The van der Waals surface area contributed by atoms with Gasteiger partial charge in [-0.15, -0.1) is 0 Å². The van der Waals surface area contributed by atoms with E-state index in [1.54, 1.807) is 13.2 Å². The minimum Gasteiger partial charge on any atom is -0.380 e. The summed E-state index contributed by atoms with van der Waals surface area (Å²) in [5, 5.41) is 9.31. The van der Waals surface area contributed by atoms with Crippen LogP contribution in [-0.4, -0.2) is 47.2 Å². The number of carbonyl (C=O) groups excluding carboxylic acids is 1. The van der Waals surface area contributed by atoms with Gasteiger partial charge >= 0.3 is 0 Å². The fraction of sp³-hybridized carbons (Fsp3) is 0.318. The first kappa shape index (κ1) is 23.6. The van der Waals surface area contributed by atoms with E-state index in [-0.39, 0.29) is 18.5 Å². The van der Waals surface area contributed by atoms with Crippen LogP contribution < -0.4 is 11.0 Å². The molecular formula is C22H25N3O6S. The van der Waals surface area contributed by atoms with Gasteiger partial charge in [-0.1, -0.05) is 30.3 Å². The highest BCUT2D eigenvalue weighted by molar-refractivity contribution is 7.92. The van der Waals surface area contributed by atoms with E-state index in [9.17, 15) is 18.0 Å². The maximum Gasteiger partial charge on any atom is 0.264 e. The van der Waals surface area contributed by atoms with Crippen LogP contribution in [0.4, 0.5) is 0 Å². The smallest absolute Gasteiger partial charge is 0.264 e. The number of sulfone groups is 1. The van der Waals surface area contributed by atoms with Gasteiger partial charge in [-0.05, 0) is 42.2 Å². The minimum atomic E-state index is -3.86. The number of nitrogens with zero attached hydrogens (tertiary/aromatic N) is 2. The zero-order chi connectivity index (χ0) is 23.5. The monoisotopic (exact) mass is 459 g/mol. The van der Waals surface area contributed by atoms with Gasteiger partial charge in [-0.3, -0.25) is 19.4 Å². The first-order valence-corrected chi connectivity index (χ1v) is 11.7. The maximum absolute atomic E-state index is 12.9. The van der Waals surface area contributed by atoms with Crippen LogP contribution in [0.1, 0.15) is 18.9 Å². The van der Waals surface area contributed by atoms with Crippen molar-refractivity contribution in [2.45, 2.75) is 31.2 Å². The molecule has 3 rings (SSSR count). The quantitative estimate of drug-likeness (QED) is 0.389. The fourth-order valence-electron chi connectivity index (χ4n) is 3.38.